The van der Waals surface area contributed by atoms with Gasteiger partial charge in [0.25, 0.3) is 0 Å². The van der Waals surface area contributed by atoms with Gasteiger partial charge in [-0.3, -0.25) is 0 Å². The molecule has 1 fully saturated rings. The van der Waals surface area contributed by atoms with Gasteiger partial charge in [0.15, 0.2) is 0 Å². The highest BCUT2D eigenvalue weighted by Gasteiger charge is 2.41. The van der Waals surface area contributed by atoms with Gasteiger partial charge in [0, 0.05) is 28.7 Å². The number of hydrogen-bond acceptors (Lipinski definition) is 5. The highest BCUT2D eigenvalue weighted by atomic mass is 35.5. The van der Waals surface area contributed by atoms with Crippen molar-refractivity contribution in [3.05, 3.63) is 64.0 Å². The molecule has 1 aromatic heterocycles. The Labute approximate surface area is 166 Å². The molecule has 0 amide bonds. The molecule has 0 saturated carbocycles. The van der Waals surface area contributed by atoms with Gasteiger partial charge < -0.3 is 4.52 Å². The van der Waals surface area contributed by atoms with Crippen molar-refractivity contribution in [2.45, 2.75) is 17.7 Å². The lowest BCUT2D eigenvalue weighted by Gasteiger charge is -2.36. The first kappa shape index (κ1) is 18.4. The summed E-state index contributed by atoms with van der Waals surface area (Å²) in [4.78, 5) is 4.61. The van der Waals surface area contributed by atoms with Crippen LogP contribution in [0.2, 0.25) is 10.0 Å². The maximum Gasteiger partial charge on any atom is 0.243 e. The molecule has 3 aromatic rings. The Bertz CT molecular complexity index is 1110. The maximum atomic E-state index is 12.8. The van der Waals surface area contributed by atoms with E-state index in [2.05, 4.69) is 10.1 Å². The van der Waals surface area contributed by atoms with Crippen molar-refractivity contribution in [1.29, 1.82) is 0 Å². The molecule has 4 rings (SSSR count). The quantitative estimate of drug-likeness (QED) is 0.629. The second kappa shape index (κ2) is 6.91. The minimum Gasteiger partial charge on any atom is -0.339 e. The molecule has 27 heavy (non-hydrogen) atoms. The zero-order valence-corrected chi connectivity index (χ0v) is 16.6. The van der Waals surface area contributed by atoms with E-state index >= 15 is 0 Å². The van der Waals surface area contributed by atoms with Crippen molar-refractivity contribution in [2.24, 2.45) is 0 Å². The fourth-order valence-electron chi connectivity index (χ4n) is 2.94. The lowest BCUT2D eigenvalue weighted by molar-refractivity contribution is 0.216. The van der Waals surface area contributed by atoms with Crippen LogP contribution in [0.3, 0.4) is 0 Å². The smallest absolute Gasteiger partial charge is 0.243 e. The summed E-state index contributed by atoms with van der Waals surface area (Å²) in [6, 6.07) is 12.0. The average Bonchev–Trinajstić information content (AvgIpc) is 3.05. The number of nitrogens with zero attached hydrogens (tertiary/aromatic N) is 3. The summed E-state index contributed by atoms with van der Waals surface area (Å²) in [7, 11) is -3.61. The average molecular weight is 424 g/mol. The molecular weight excluding hydrogens is 409 g/mol. The fraction of sp³-hybridized carbons (Fsp3) is 0.222. The summed E-state index contributed by atoms with van der Waals surface area (Å²) in [6.07, 6.45) is 0. The molecule has 9 heteroatoms. The zero-order valence-electron chi connectivity index (χ0n) is 14.3. The van der Waals surface area contributed by atoms with Crippen molar-refractivity contribution < 1.29 is 12.9 Å². The van der Waals surface area contributed by atoms with Crippen LogP contribution in [0.4, 0.5) is 0 Å². The molecule has 2 heterocycles. The van der Waals surface area contributed by atoms with E-state index in [-0.39, 0.29) is 23.9 Å². The van der Waals surface area contributed by atoms with Crippen molar-refractivity contribution >= 4 is 33.2 Å². The van der Waals surface area contributed by atoms with Crippen molar-refractivity contribution in [1.82, 2.24) is 14.4 Å². The number of hydrogen-bond donors (Lipinski definition) is 0. The third-order valence-corrected chi connectivity index (χ3v) is 7.18. The molecule has 1 saturated heterocycles. The van der Waals surface area contributed by atoms with Crippen molar-refractivity contribution in [3.8, 4) is 11.4 Å². The standard InChI is InChI=1S/C18H15Cl2N3O3S/c1-11-15(20)6-3-7-16(11)27(24,25)23-9-13(10-23)18-21-17(22-26-18)12-4-2-5-14(19)8-12/h2-8,13H,9-10H2,1H3. The van der Waals surface area contributed by atoms with Crippen LogP contribution in [0, 0.1) is 6.92 Å². The predicted molar refractivity (Wildman–Crippen MR) is 102 cm³/mol. The van der Waals surface area contributed by atoms with Gasteiger partial charge in [0.1, 0.15) is 0 Å². The van der Waals surface area contributed by atoms with E-state index in [0.29, 0.717) is 27.3 Å². The molecule has 0 atom stereocenters. The fourth-order valence-corrected chi connectivity index (χ4v) is 5.14. The van der Waals surface area contributed by atoms with Crippen LogP contribution in [0.25, 0.3) is 11.4 Å². The minimum atomic E-state index is -3.61. The summed E-state index contributed by atoms with van der Waals surface area (Å²) in [6.45, 7) is 2.26. The molecule has 140 valence electrons. The van der Waals surface area contributed by atoms with Gasteiger partial charge in [0.2, 0.25) is 21.7 Å². The first-order valence-electron chi connectivity index (χ1n) is 8.21. The summed E-state index contributed by atoms with van der Waals surface area (Å²) >= 11 is 12.0. The Morgan fingerprint density at radius 2 is 1.89 bits per heavy atom. The van der Waals surface area contributed by atoms with E-state index in [0.717, 1.165) is 5.56 Å². The third kappa shape index (κ3) is 3.36. The highest BCUT2D eigenvalue weighted by Crippen LogP contribution is 2.34. The van der Waals surface area contributed by atoms with Crippen LogP contribution in [0.1, 0.15) is 17.4 Å². The molecule has 0 unspecified atom stereocenters. The van der Waals surface area contributed by atoms with Crippen LogP contribution in [0.15, 0.2) is 51.9 Å². The molecule has 0 N–H and O–H groups in total. The second-order valence-electron chi connectivity index (χ2n) is 6.35. The lowest BCUT2D eigenvalue weighted by Crippen LogP contribution is -2.48. The van der Waals surface area contributed by atoms with E-state index in [1.54, 1.807) is 43.3 Å². The largest absolute Gasteiger partial charge is 0.339 e. The summed E-state index contributed by atoms with van der Waals surface area (Å²) in [5.74, 6) is 0.707. The Morgan fingerprint density at radius 3 is 2.63 bits per heavy atom. The molecule has 0 aliphatic carbocycles. The predicted octanol–water partition coefficient (Wildman–Crippen LogP) is 4.14. The van der Waals surface area contributed by atoms with Crippen LogP contribution >= 0.6 is 23.2 Å². The molecule has 0 bridgehead atoms. The molecule has 6 nitrogen and oxygen atoms in total. The van der Waals surface area contributed by atoms with Crippen molar-refractivity contribution in [2.75, 3.05) is 13.1 Å². The lowest BCUT2D eigenvalue weighted by atomic mass is 10.0. The van der Waals surface area contributed by atoms with Crippen molar-refractivity contribution in [3.63, 3.8) is 0 Å². The van der Waals surface area contributed by atoms with Gasteiger partial charge in [-0.2, -0.15) is 9.29 Å². The van der Waals surface area contributed by atoms with Crippen LogP contribution in [0.5, 0.6) is 0 Å². The molecule has 1 aliphatic heterocycles. The van der Waals surface area contributed by atoms with Gasteiger partial charge >= 0.3 is 0 Å². The zero-order chi connectivity index (χ0) is 19.2. The highest BCUT2D eigenvalue weighted by molar-refractivity contribution is 7.89. The van der Waals surface area contributed by atoms with Gasteiger partial charge in [-0.25, -0.2) is 8.42 Å². The molecule has 1 aliphatic rings. The normalized spacial score (nSPS) is 15.7. The Balaban J connectivity index is 1.51. The van der Waals surface area contributed by atoms with E-state index < -0.39 is 10.0 Å². The number of aromatic nitrogens is 2. The van der Waals surface area contributed by atoms with Gasteiger partial charge in [-0.15, -0.1) is 0 Å². The van der Waals surface area contributed by atoms with Gasteiger partial charge in [-0.1, -0.05) is 46.6 Å². The number of rotatable bonds is 4. The van der Waals surface area contributed by atoms with Crippen LogP contribution in [-0.4, -0.2) is 36.0 Å². The second-order valence-corrected chi connectivity index (χ2v) is 9.10. The number of halogens is 2. The monoisotopic (exact) mass is 423 g/mol. The van der Waals surface area contributed by atoms with E-state index in [9.17, 15) is 8.42 Å². The number of sulfonamides is 1. The maximum absolute atomic E-state index is 12.8. The van der Waals surface area contributed by atoms with Gasteiger partial charge in [-0.05, 0) is 36.8 Å². The summed E-state index contributed by atoms with van der Waals surface area (Å²) < 4.78 is 32.3. The van der Waals surface area contributed by atoms with Crippen LogP contribution in [-0.2, 0) is 10.0 Å². The third-order valence-electron chi connectivity index (χ3n) is 4.56. The topological polar surface area (TPSA) is 76.3 Å². The Kier molecular flexibility index (Phi) is 4.71. The van der Waals surface area contributed by atoms with Gasteiger partial charge in [0.05, 0.1) is 10.8 Å². The SMILES string of the molecule is Cc1c(Cl)cccc1S(=O)(=O)N1CC(c2nc(-c3cccc(Cl)c3)no2)C1. The summed E-state index contributed by atoms with van der Waals surface area (Å²) in [5.41, 5.74) is 1.29. The Hall–Kier alpha value is -1.93. The molecular formula is C18H15Cl2N3O3S. The summed E-state index contributed by atoms with van der Waals surface area (Å²) in [5, 5.41) is 4.98. The first-order valence-corrected chi connectivity index (χ1v) is 10.4. The van der Waals surface area contributed by atoms with E-state index in [1.807, 2.05) is 6.07 Å². The number of benzene rings is 2. The molecule has 2 aromatic carbocycles. The minimum absolute atomic E-state index is 0.139. The molecule has 0 spiro atoms. The first-order chi connectivity index (χ1) is 12.9. The molecule has 0 radical (unpaired) electrons. The van der Waals surface area contributed by atoms with E-state index in [4.69, 9.17) is 27.7 Å². The van der Waals surface area contributed by atoms with Crippen LogP contribution < -0.4 is 0 Å². The Morgan fingerprint density at radius 1 is 1.15 bits per heavy atom. The van der Waals surface area contributed by atoms with E-state index in [1.165, 1.54) is 4.31 Å².